The summed E-state index contributed by atoms with van der Waals surface area (Å²) in [6, 6.07) is 4.63. The number of halogens is 2. The van der Waals surface area contributed by atoms with Crippen molar-refractivity contribution in [1.82, 2.24) is 10.2 Å². The summed E-state index contributed by atoms with van der Waals surface area (Å²) in [5.74, 6) is 0. The fraction of sp³-hybridized carbons (Fsp3) is 0.364. The number of carbonyl (C=O) groups is 1. The van der Waals surface area contributed by atoms with Gasteiger partial charge in [-0.05, 0) is 32.3 Å². The lowest BCUT2D eigenvalue weighted by molar-refractivity contribution is 0.250. The molecule has 0 bridgehead atoms. The van der Waals surface area contributed by atoms with Crippen molar-refractivity contribution < 1.29 is 4.79 Å². The standard InChI is InChI=1S/C11H15Cl2N3O/c1-16(2)6-5-14-11(17)15-10-4-3-8(12)7-9(10)13/h3-4,7H,5-6H2,1-2H3,(H2,14,15,17). The number of benzene rings is 1. The first-order valence-electron chi connectivity index (χ1n) is 5.13. The highest BCUT2D eigenvalue weighted by atomic mass is 35.5. The minimum atomic E-state index is -0.281. The first kappa shape index (κ1) is 14.1. The second-order valence-electron chi connectivity index (χ2n) is 3.81. The number of anilines is 1. The summed E-state index contributed by atoms with van der Waals surface area (Å²) >= 11 is 11.7. The number of rotatable bonds is 4. The molecule has 0 aromatic heterocycles. The molecular formula is C11H15Cl2N3O. The number of urea groups is 1. The minimum Gasteiger partial charge on any atom is -0.337 e. The summed E-state index contributed by atoms with van der Waals surface area (Å²) in [6.45, 7) is 1.35. The number of hydrogen-bond acceptors (Lipinski definition) is 2. The molecule has 2 N–H and O–H groups in total. The molecule has 1 rings (SSSR count). The third-order valence-electron chi connectivity index (χ3n) is 2.02. The Kier molecular flexibility index (Phi) is 5.55. The highest BCUT2D eigenvalue weighted by Gasteiger charge is 2.05. The maximum atomic E-state index is 11.5. The molecule has 0 saturated heterocycles. The van der Waals surface area contributed by atoms with Crippen LogP contribution in [0.15, 0.2) is 18.2 Å². The van der Waals surface area contributed by atoms with E-state index < -0.39 is 0 Å². The summed E-state index contributed by atoms with van der Waals surface area (Å²) < 4.78 is 0. The summed E-state index contributed by atoms with van der Waals surface area (Å²) in [6.07, 6.45) is 0. The Balaban J connectivity index is 2.45. The molecule has 4 nitrogen and oxygen atoms in total. The van der Waals surface area contributed by atoms with E-state index in [1.54, 1.807) is 18.2 Å². The van der Waals surface area contributed by atoms with Gasteiger partial charge in [0.2, 0.25) is 0 Å². The van der Waals surface area contributed by atoms with Gasteiger partial charge in [-0.15, -0.1) is 0 Å². The lowest BCUT2D eigenvalue weighted by Gasteiger charge is -2.12. The van der Waals surface area contributed by atoms with Crippen LogP contribution in [-0.4, -0.2) is 38.1 Å². The van der Waals surface area contributed by atoms with E-state index in [1.807, 2.05) is 19.0 Å². The van der Waals surface area contributed by atoms with E-state index in [1.165, 1.54) is 0 Å². The van der Waals surface area contributed by atoms with Gasteiger partial charge in [-0.2, -0.15) is 0 Å². The quantitative estimate of drug-likeness (QED) is 0.888. The van der Waals surface area contributed by atoms with Crippen molar-refractivity contribution in [3.8, 4) is 0 Å². The molecule has 0 aliphatic heterocycles. The Morgan fingerprint density at radius 3 is 2.65 bits per heavy atom. The van der Waals surface area contributed by atoms with Crippen molar-refractivity contribution in [2.45, 2.75) is 0 Å². The smallest absolute Gasteiger partial charge is 0.319 e. The Bertz CT molecular complexity index is 396. The average Bonchev–Trinajstić information content (AvgIpc) is 2.21. The molecule has 1 aromatic rings. The highest BCUT2D eigenvalue weighted by molar-refractivity contribution is 6.36. The van der Waals surface area contributed by atoms with Crippen LogP contribution >= 0.6 is 23.2 Å². The molecule has 0 fully saturated rings. The van der Waals surface area contributed by atoms with Crippen LogP contribution in [0, 0.1) is 0 Å². The molecule has 0 heterocycles. The molecule has 0 aliphatic rings. The Labute approximate surface area is 111 Å². The van der Waals surface area contributed by atoms with Gasteiger partial charge in [-0.25, -0.2) is 4.79 Å². The number of amides is 2. The Hall–Kier alpha value is -0.970. The van der Waals surface area contributed by atoms with Gasteiger partial charge in [0.25, 0.3) is 0 Å². The first-order chi connectivity index (χ1) is 7.99. The molecule has 0 radical (unpaired) electrons. The molecule has 0 spiro atoms. The van der Waals surface area contributed by atoms with Crippen LogP contribution in [0.3, 0.4) is 0 Å². The maximum absolute atomic E-state index is 11.5. The van der Waals surface area contributed by atoms with Crippen LogP contribution < -0.4 is 10.6 Å². The molecular weight excluding hydrogens is 261 g/mol. The second kappa shape index (κ2) is 6.69. The van der Waals surface area contributed by atoms with Gasteiger partial charge in [0.15, 0.2) is 0 Å². The fourth-order valence-electron chi connectivity index (χ4n) is 1.15. The minimum absolute atomic E-state index is 0.281. The number of hydrogen-bond donors (Lipinski definition) is 2. The fourth-order valence-corrected chi connectivity index (χ4v) is 1.61. The lowest BCUT2D eigenvalue weighted by atomic mass is 10.3. The van der Waals surface area contributed by atoms with E-state index in [-0.39, 0.29) is 6.03 Å². The second-order valence-corrected chi connectivity index (χ2v) is 4.65. The van der Waals surface area contributed by atoms with E-state index in [9.17, 15) is 4.79 Å². The monoisotopic (exact) mass is 275 g/mol. The molecule has 17 heavy (non-hydrogen) atoms. The van der Waals surface area contributed by atoms with Gasteiger partial charge in [-0.1, -0.05) is 23.2 Å². The van der Waals surface area contributed by atoms with Crippen LogP contribution in [-0.2, 0) is 0 Å². The van der Waals surface area contributed by atoms with E-state index >= 15 is 0 Å². The largest absolute Gasteiger partial charge is 0.337 e. The van der Waals surface area contributed by atoms with Gasteiger partial charge >= 0.3 is 6.03 Å². The topological polar surface area (TPSA) is 44.4 Å². The third kappa shape index (κ3) is 5.26. The van der Waals surface area contributed by atoms with Gasteiger partial charge in [0.1, 0.15) is 0 Å². The lowest BCUT2D eigenvalue weighted by Crippen LogP contribution is -2.34. The Morgan fingerprint density at radius 1 is 1.35 bits per heavy atom. The first-order valence-corrected chi connectivity index (χ1v) is 5.89. The molecule has 0 unspecified atom stereocenters. The zero-order valence-corrected chi connectivity index (χ0v) is 11.3. The van der Waals surface area contributed by atoms with Crippen molar-refractivity contribution in [3.05, 3.63) is 28.2 Å². The van der Waals surface area contributed by atoms with Crippen molar-refractivity contribution >= 4 is 34.9 Å². The number of likely N-dealkylation sites (N-methyl/N-ethyl adjacent to an activating group) is 1. The third-order valence-corrected chi connectivity index (χ3v) is 2.57. The van der Waals surface area contributed by atoms with Crippen molar-refractivity contribution in [1.29, 1.82) is 0 Å². The van der Waals surface area contributed by atoms with Crippen LogP contribution in [0.1, 0.15) is 0 Å². The Morgan fingerprint density at radius 2 is 2.06 bits per heavy atom. The van der Waals surface area contributed by atoms with Gasteiger partial charge in [0.05, 0.1) is 10.7 Å². The predicted molar refractivity (Wildman–Crippen MR) is 72.0 cm³/mol. The SMILES string of the molecule is CN(C)CCNC(=O)Nc1ccc(Cl)cc1Cl. The molecule has 94 valence electrons. The highest BCUT2D eigenvalue weighted by Crippen LogP contribution is 2.25. The number of nitrogens with one attached hydrogen (secondary N) is 2. The van der Waals surface area contributed by atoms with Crippen LogP contribution in [0.2, 0.25) is 10.0 Å². The molecule has 0 aliphatic carbocycles. The number of carbonyl (C=O) groups excluding carboxylic acids is 1. The molecule has 2 amide bonds. The zero-order chi connectivity index (χ0) is 12.8. The summed E-state index contributed by atoms with van der Waals surface area (Å²) in [5.41, 5.74) is 0.540. The summed E-state index contributed by atoms with van der Waals surface area (Å²) in [7, 11) is 3.88. The molecule has 0 saturated carbocycles. The van der Waals surface area contributed by atoms with E-state index in [2.05, 4.69) is 10.6 Å². The van der Waals surface area contributed by atoms with Crippen LogP contribution in [0.5, 0.6) is 0 Å². The molecule has 0 atom stereocenters. The van der Waals surface area contributed by atoms with Gasteiger partial charge in [-0.3, -0.25) is 0 Å². The molecule has 1 aromatic carbocycles. The van der Waals surface area contributed by atoms with Gasteiger partial charge < -0.3 is 15.5 Å². The number of nitrogens with zero attached hydrogens (tertiary/aromatic N) is 1. The average molecular weight is 276 g/mol. The summed E-state index contributed by atoms with van der Waals surface area (Å²) in [5, 5.41) is 6.33. The van der Waals surface area contributed by atoms with Crippen molar-refractivity contribution in [2.75, 3.05) is 32.5 Å². The van der Waals surface area contributed by atoms with Gasteiger partial charge in [0, 0.05) is 18.1 Å². The normalized spacial score (nSPS) is 10.4. The van der Waals surface area contributed by atoms with Crippen molar-refractivity contribution in [2.24, 2.45) is 0 Å². The van der Waals surface area contributed by atoms with E-state index in [0.29, 0.717) is 22.3 Å². The van der Waals surface area contributed by atoms with Crippen molar-refractivity contribution in [3.63, 3.8) is 0 Å². The molecule has 6 heteroatoms. The van der Waals surface area contributed by atoms with E-state index in [0.717, 1.165) is 6.54 Å². The van der Waals surface area contributed by atoms with E-state index in [4.69, 9.17) is 23.2 Å². The predicted octanol–water partition coefficient (Wildman–Crippen LogP) is 2.68. The maximum Gasteiger partial charge on any atom is 0.319 e. The zero-order valence-electron chi connectivity index (χ0n) is 9.76. The van der Waals surface area contributed by atoms with Crippen LogP contribution in [0.4, 0.5) is 10.5 Å². The van der Waals surface area contributed by atoms with Crippen LogP contribution in [0.25, 0.3) is 0 Å². The summed E-state index contributed by atoms with van der Waals surface area (Å²) in [4.78, 5) is 13.5.